The zero-order valence-corrected chi connectivity index (χ0v) is 9.67. The predicted molar refractivity (Wildman–Crippen MR) is 57.4 cm³/mol. The number of rotatable bonds is 5. The van der Waals surface area contributed by atoms with Gasteiger partial charge in [-0.1, -0.05) is 25.8 Å². The summed E-state index contributed by atoms with van der Waals surface area (Å²) < 4.78 is 22.5. The van der Waals surface area contributed by atoms with E-state index in [9.17, 15) is 4.57 Å². The van der Waals surface area contributed by atoms with Crippen LogP contribution in [0.4, 0.5) is 0 Å². The molecule has 0 spiro atoms. The first kappa shape index (κ1) is 12.0. The molecular weight excluding hydrogens is 199 g/mol. The molecule has 1 aliphatic rings. The molecule has 0 aromatic carbocycles. The van der Waals surface area contributed by atoms with E-state index in [-0.39, 0.29) is 6.10 Å². The average molecular weight is 218 g/mol. The van der Waals surface area contributed by atoms with Crippen LogP contribution >= 0.6 is 7.60 Å². The van der Waals surface area contributed by atoms with E-state index in [1.54, 1.807) is 6.92 Å². The van der Waals surface area contributed by atoms with Gasteiger partial charge < -0.3 is 9.05 Å². The zero-order valence-electron chi connectivity index (χ0n) is 8.78. The van der Waals surface area contributed by atoms with Crippen molar-refractivity contribution < 1.29 is 13.6 Å². The number of hydrogen-bond acceptors (Lipinski definition) is 3. The molecule has 1 atom stereocenters. The van der Waals surface area contributed by atoms with Gasteiger partial charge in [0.15, 0.2) is 0 Å². The standard InChI is InChI=1S/C10H19O3P/c1-3-12-14(11,4-2)13-10-8-6-5-7-9-10/h4,10H,2-3,5-9H2,1H3. The van der Waals surface area contributed by atoms with E-state index >= 15 is 0 Å². The summed E-state index contributed by atoms with van der Waals surface area (Å²) in [6, 6.07) is 0. The van der Waals surface area contributed by atoms with Crippen molar-refractivity contribution in [1.29, 1.82) is 0 Å². The van der Waals surface area contributed by atoms with Gasteiger partial charge in [-0.15, -0.1) is 0 Å². The van der Waals surface area contributed by atoms with Gasteiger partial charge in [0.1, 0.15) is 0 Å². The van der Waals surface area contributed by atoms with Crippen molar-refractivity contribution >= 4 is 7.60 Å². The summed E-state index contributed by atoms with van der Waals surface area (Å²) in [6.07, 6.45) is 5.66. The van der Waals surface area contributed by atoms with Gasteiger partial charge in [0.2, 0.25) is 0 Å². The molecule has 1 fully saturated rings. The smallest absolute Gasteiger partial charge is 0.306 e. The summed E-state index contributed by atoms with van der Waals surface area (Å²) in [6.45, 7) is 5.71. The summed E-state index contributed by atoms with van der Waals surface area (Å²) in [5.41, 5.74) is 0. The SMILES string of the molecule is C=CP(=O)(OCC)OC1CCCCC1. The van der Waals surface area contributed by atoms with Gasteiger partial charge in [-0.2, -0.15) is 0 Å². The van der Waals surface area contributed by atoms with Crippen LogP contribution in [0, 0.1) is 0 Å². The second-order valence-electron chi connectivity index (χ2n) is 3.51. The third-order valence-electron chi connectivity index (χ3n) is 2.38. The minimum absolute atomic E-state index is 0.0964. The van der Waals surface area contributed by atoms with Gasteiger partial charge in [0, 0.05) is 5.82 Å². The molecule has 0 saturated heterocycles. The molecular formula is C10H19O3P. The lowest BCUT2D eigenvalue weighted by Crippen LogP contribution is -2.15. The molecule has 0 bridgehead atoms. The predicted octanol–water partition coefficient (Wildman–Crippen LogP) is 3.71. The monoisotopic (exact) mass is 218 g/mol. The fraction of sp³-hybridized carbons (Fsp3) is 0.800. The molecule has 1 rings (SSSR count). The maximum absolute atomic E-state index is 11.9. The highest BCUT2D eigenvalue weighted by atomic mass is 31.2. The first-order valence-corrected chi connectivity index (χ1v) is 6.87. The Hall–Kier alpha value is -0.110. The Morgan fingerprint density at radius 3 is 2.57 bits per heavy atom. The molecule has 0 aliphatic heterocycles. The van der Waals surface area contributed by atoms with E-state index in [0.717, 1.165) is 25.7 Å². The van der Waals surface area contributed by atoms with Crippen molar-refractivity contribution in [2.24, 2.45) is 0 Å². The average Bonchev–Trinajstić information content (AvgIpc) is 2.20. The maximum Gasteiger partial charge on any atom is 0.353 e. The van der Waals surface area contributed by atoms with Crippen LogP contribution in [0.5, 0.6) is 0 Å². The van der Waals surface area contributed by atoms with Crippen molar-refractivity contribution in [1.82, 2.24) is 0 Å². The molecule has 1 saturated carbocycles. The second-order valence-corrected chi connectivity index (χ2v) is 5.42. The Morgan fingerprint density at radius 2 is 2.07 bits per heavy atom. The molecule has 14 heavy (non-hydrogen) atoms. The first-order valence-electron chi connectivity index (χ1n) is 5.26. The lowest BCUT2D eigenvalue weighted by molar-refractivity contribution is 0.124. The fourth-order valence-electron chi connectivity index (χ4n) is 1.68. The van der Waals surface area contributed by atoms with E-state index in [4.69, 9.17) is 9.05 Å². The Morgan fingerprint density at radius 1 is 1.43 bits per heavy atom. The van der Waals surface area contributed by atoms with Crippen LogP contribution in [-0.2, 0) is 13.6 Å². The molecule has 82 valence electrons. The largest absolute Gasteiger partial charge is 0.353 e. The van der Waals surface area contributed by atoms with Gasteiger partial charge in [-0.25, -0.2) is 0 Å². The Kier molecular flexibility index (Phi) is 4.86. The molecule has 0 N–H and O–H groups in total. The quantitative estimate of drug-likeness (QED) is 0.660. The van der Waals surface area contributed by atoms with E-state index in [0.29, 0.717) is 6.61 Å². The van der Waals surface area contributed by atoms with E-state index in [2.05, 4.69) is 6.58 Å². The highest BCUT2D eigenvalue weighted by Gasteiger charge is 2.25. The van der Waals surface area contributed by atoms with Crippen LogP contribution in [-0.4, -0.2) is 12.7 Å². The Balaban J connectivity index is 2.45. The fourth-order valence-corrected chi connectivity index (χ4v) is 2.92. The second kappa shape index (κ2) is 5.69. The summed E-state index contributed by atoms with van der Waals surface area (Å²) in [5, 5.41) is 0. The lowest BCUT2D eigenvalue weighted by atomic mass is 9.98. The Bertz CT molecular complexity index is 221. The summed E-state index contributed by atoms with van der Waals surface area (Å²) in [7, 11) is -3.00. The molecule has 0 heterocycles. The first-order chi connectivity index (χ1) is 6.70. The molecule has 0 amide bonds. The van der Waals surface area contributed by atoms with Crippen LogP contribution < -0.4 is 0 Å². The maximum atomic E-state index is 11.9. The molecule has 4 heteroatoms. The van der Waals surface area contributed by atoms with Crippen molar-refractivity contribution in [3.05, 3.63) is 12.4 Å². The Labute approximate surface area is 86.0 Å². The van der Waals surface area contributed by atoms with Crippen molar-refractivity contribution in [2.45, 2.75) is 45.1 Å². The molecule has 1 unspecified atom stereocenters. The third kappa shape index (κ3) is 3.56. The molecule has 3 nitrogen and oxygen atoms in total. The van der Waals surface area contributed by atoms with Gasteiger partial charge >= 0.3 is 7.60 Å². The zero-order chi connectivity index (χ0) is 10.4. The minimum atomic E-state index is -3.00. The van der Waals surface area contributed by atoms with E-state index in [1.165, 1.54) is 12.2 Å². The van der Waals surface area contributed by atoms with Crippen LogP contribution in [0.25, 0.3) is 0 Å². The van der Waals surface area contributed by atoms with E-state index < -0.39 is 7.60 Å². The van der Waals surface area contributed by atoms with Crippen molar-refractivity contribution in [3.63, 3.8) is 0 Å². The molecule has 0 radical (unpaired) electrons. The molecule has 0 aromatic heterocycles. The van der Waals surface area contributed by atoms with Crippen molar-refractivity contribution in [2.75, 3.05) is 6.61 Å². The van der Waals surface area contributed by atoms with Crippen LogP contribution in [0.15, 0.2) is 12.4 Å². The summed E-state index contributed by atoms with van der Waals surface area (Å²) in [5.74, 6) is 1.31. The van der Waals surface area contributed by atoms with Gasteiger partial charge in [-0.05, 0) is 19.8 Å². The lowest BCUT2D eigenvalue weighted by Gasteiger charge is -2.25. The highest BCUT2D eigenvalue weighted by Crippen LogP contribution is 2.51. The normalized spacial score (nSPS) is 22.9. The summed E-state index contributed by atoms with van der Waals surface area (Å²) >= 11 is 0. The molecule has 0 aromatic rings. The molecule has 1 aliphatic carbocycles. The topological polar surface area (TPSA) is 35.5 Å². The minimum Gasteiger partial charge on any atom is -0.306 e. The van der Waals surface area contributed by atoms with Crippen LogP contribution in [0.2, 0.25) is 0 Å². The third-order valence-corrected chi connectivity index (χ3v) is 4.04. The van der Waals surface area contributed by atoms with Crippen LogP contribution in [0.3, 0.4) is 0 Å². The van der Waals surface area contributed by atoms with Gasteiger partial charge in [-0.3, -0.25) is 4.57 Å². The van der Waals surface area contributed by atoms with Gasteiger partial charge in [0.05, 0.1) is 12.7 Å². The number of hydrogen-bond donors (Lipinski definition) is 0. The van der Waals surface area contributed by atoms with Crippen LogP contribution in [0.1, 0.15) is 39.0 Å². The highest BCUT2D eigenvalue weighted by molar-refractivity contribution is 7.57. The van der Waals surface area contributed by atoms with Crippen molar-refractivity contribution in [3.8, 4) is 0 Å². The van der Waals surface area contributed by atoms with E-state index in [1.807, 2.05) is 0 Å². The van der Waals surface area contributed by atoms with Gasteiger partial charge in [0.25, 0.3) is 0 Å². The summed E-state index contributed by atoms with van der Waals surface area (Å²) in [4.78, 5) is 0.